The molecule has 0 heterocycles. The molecule has 0 bridgehead atoms. The molecule has 0 saturated heterocycles. The minimum Gasteiger partial charge on any atom is -0.484 e. The summed E-state index contributed by atoms with van der Waals surface area (Å²) in [6, 6.07) is 11.7. The molecule has 2 amide bonds. The number of amides is 2. The quantitative estimate of drug-likeness (QED) is 0.644. The number of nitrogens with zero attached hydrogens (tertiary/aromatic N) is 1. The summed E-state index contributed by atoms with van der Waals surface area (Å²) in [6.07, 6.45) is 0. The molecule has 2 aromatic rings. The van der Waals surface area contributed by atoms with Gasteiger partial charge in [0.2, 0.25) is 5.91 Å². The second kappa shape index (κ2) is 10.2. The molecule has 0 aliphatic carbocycles. The van der Waals surface area contributed by atoms with Crippen molar-refractivity contribution in [3.63, 3.8) is 0 Å². The molecule has 0 spiro atoms. The Morgan fingerprint density at radius 1 is 1.13 bits per heavy atom. The lowest BCUT2D eigenvalue weighted by atomic mass is 10.1. The van der Waals surface area contributed by atoms with Gasteiger partial charge in [-0.1, -0.05) is 35.3 Å². The van der Waals surface area contributed by atoms with Crippen LogP contribution in [0.5, 0.6) is 5.75 Å². The van der Waals surface area contributed by atoms with Crippen LogP contribution in [-0.2, 0) is 16.1 Å². The van der Waals surface area contributed by atoms with E-state index in [1.165, 1.54) is 4.90 Å². The van der Waals surface area contributed by atoms with E-state index in [-0.39, 0.29) is 25.0 Å². The van der Waals surface area contributed by atoms with E-state index in [4.69, 9.17) is 27.9 Å². The van der Waals surface area contributed by atoms with Crippen molar-refractivity contribution in [1.29, 1.82) is 0 Å². The lowest BCUT2D eigenvalue weighted by Crippen LogP contribution is -2.53. The van der Waals surface area contributed by atoms with E-state index in [0.29, 0.717) is 15.8 Å². The van der Waals surface area contributed by atoms with Gasteiger partial charge in [0.15, 0.2) is 6.61 Å². The number of hydrogen-bond donors (Lipinski definition) is 1. The van der Waals surface area contributed by atoms with Gasteiger partial charge in [0, 0.05) is 22.1 Å². The zero-order valence-corrected chi connectivity index (χ0v) is 19.5. The molecule has 0 radical (unpaired) electrons. The Balaban J connectivity index is 2.18. The molecule has 0 saturated carbocycles. The van der Waals surface area contributed by atoms with E-state index in [1.54, 1.807) is 37.3 Å². The predicted octanol–water partition coefficient (Wildman–Crippen LogP) is 5.01. The SMILES string of the molecule is Cc1cc(OCC(=O)N(Cc2cccc(Cl)c2)C(C)C(=O)NC(C)(C)C)ccc1Cl. The Bertz CT molecular complexity index is 910. The third kappa shape index (κ3) is 7.22. The van der Waals surface area contributed by atoms with Crippen LogP contribution < -0.4 is 10.1 Å². The van der Waals surface area contributed by atoms with Gasteiger partial charge in [-0.2, -0.15) is 0 Å². The van der Waals surface area contributed by atoms with Crippen molar-refractivity contribution in [2.45, 2.75) is 52.7 Å². The summed E-state index contributed by atoms with van der Waals surface area (Å²) in [5.41, 5.74) is 1.27. The fourth-order valence-electron chi connectivity index (χ4n) is 2.82. The van der Waals surface area contributed by atoms with Crippen LogP contribution in [0.4, 0.5) is 0 Å². The number of carbonyl (C=O) groups excluding carboxylic acids is 2. The molecule has 2 aromatic carbocycles. The molecule has 0 aromatic heterocycles. The minimum atomic E-state index is -0.689. The summed E-state index contributed by atoms with van der Waals surface area (Å²) in [7, 11) is 0. The highest BCUT2D eigenvalue weighted by Crippen LogP contribution is 2.21. The molecule has 162 valence electrons. The highest BCUT2D eigenvalue weighted by molar-refractivity contribution is 6.31. The van der Waals surface area contributed by atoms with Gasteiger partial charge < -0.3 is 15.0 Å². The lowest BCUT2D eigenvalue weighted by Gasteiger charge is -2.31. The zero-order valence-electron chi connectivity index (χ0n) is 18.0. The maximum Gasteiger partial charge on any atom is 0.261 e. The van der Waals surface area contributed by atoms with Crippen molar-refractivity contribution in [3.8, 4) is 5.75 Å². The monoisotopic (exact) mass is 450 g/mol. The first-order valence-electron chi connectivity index (χ1n) is 9.71. The highest BCUT2D eigenvalue weighted by Gasteiger charge is 2.28. The molecule has 30 heavy (non-hydrogen) atoms. The van der Waals surface area contributed by atoms with Crippen LogP contribution in [0.1, 0.15) is 38.8 Å². The third-order valence-corrected chi connectivity index (χ3v) is 5.06. The lowest BCUT2D eigenvalue weighted by molar-refractivity contribution is -0.142. The summed E-state index contributed by atoms with van der Waals surface area (Å²) in [5, 5.41) is 4.12. The number of ether oxygens (including phenoxy) is 1. The Hall–Kier alpha value is -2.24. The van der Waals surface area contributed by atoms with Gasteiger partial charge >= 0.3 is 0 Å². The molecule has 0 fully saturated rings. The van der Waals surface area contributed by atoms with E-state index in [2.05, 4.69) is 5.32 Å². The third-order valence-electron chi connectivity index (χ3n) is 4.40. The van der Waals surface area contributed by atoms with Crippen LogP contribution in [0.3, 0.4) is 0 Å². The standard InChI is InChI=1S/C23H28Cl2N2O3/c1-15-11-19(9-10-20(15)25)30-14-21(28)27(13-17-7-6-8-18(24)12-17)16(2)22(29)26-23(3,4)5/h6-12,16H,13-14H2,1-5H3,(H,26,29). The fourth-order valence-corrected chi connectivity index (χ4v) is 3.15. The summed E-state index contributed by atoms with van der Waals surface area (Å²) in [4.78, 5) is 27.3. The van der Waals surface area contributed by atoms with Crippen molar-refractivity contribution in [3.05, 3.63) is 63.6 Å². The van der Waals surface area contributed by atoms with Crippen LogP contribution in [0, 0.1) is 6.92 Å². The summed E-state index contributed by atoms with van der Waals surface area (Å²) >= 11 is 12.1. The molecule has 0 aliphatic heterocycles. The van der Waals surface area contributed by atoms with E-state index in [1.807, 2.05) is 39.8 Å². The second-order valence-electron chi connectivity index (χ2n) is 8.27. The van der Waals surface area contributed by atoms with Gasteiger partial charge in [-0.05, 0) is 76.1 Å². The molecule has 2 rings (SSSR count). The number of halogens is 2. The van der Waals surface area contributed by atoms with Gasteiger partial charge in [-0.3, -0.25) is 9.59 Å². The van der Waals surface area contributed by atoms with Crippen LogP contribution in [-0.4, -0.2) is 34.9 Å². The van der Waals surface area contributed by atoms with Crippen LogP contribution in [0.15, 0.2) is 42.5 Å². The molecule has 7 heteroatoms. The number of carbonyl (C=O) groups is 2. The van der Waals surface area contributed by atoms with Crippen molar-refractivity contribution in [2.75, 3.05) is 6.61 Å². The maximum atomic E-state index is 13.0. The molecule has 0 aliphatic rings. The van der Waals surface area contributed by atoms with Crippen LogP contribution in [0.2, 0.25) is 10.0 Å². The Kier molecular flexibility index (Phi) is 8.16. The van der Waals surface area contributed by atoms with Gasteiger partial charge in [-0.25, -0.2) is 0 Å². The van der Waals surface area contributed by atoms with E-state index in [0.717, 1.165) is 11.1 Å². The zero-order chi connectivity index (χ0) is 22.5. The summed E-state index contributed by atoms with van der Waals surface area (Å²) in [5.74, 6) is -0.000829. The van der Waals surface area contributed by atoms with Gasteiger partial charge in [0.05, 0.1) is 0 Å². The molecular formula is C23H28Cl2N2O3. The van der Waals surface area contributed by atoms with Crippen LogP contribution in [0.25, 0.3) is 0 Å². The maximum absolute atomic E-state index is 13.0. The summed E-state index contributed by atoms with van der Waals surface area (Å²) < 4.78 is 5.67. The molecule has 5 nitrogen and oxygen atoms in total. The van der Waals surface area contributed by atoms with Gasteiger partial charge in [0.1, 0.15) is 11.8 Å². The smallest absolute Gasteiger partial charge is 0.261 e. The van der Waals surface area contributed by atoms with E-state index >= 15 is 0 Å². The molecular weight excluding hydrogens is 423 g/mol. The average molecular weight is 451 g/mol. The van der Waals surface area contributed by atoms with Gasteiger partial charge in [-0.15, -0.1) is 0 Å². The summed E-state index contributed by atoms with van der Waals surface area (Å²) in [6.45, 7) is 9.29. The Morgan fingerprint density at radius 2 is 1.83 bits per heavy atom. The largest absolute Gasteiger partial charge is 0.484 e. The Labute approximate surface area is 188 Å². The number of hydrogen-bond acceptors (Lipinski definition) is 3. The molecule has 1 unspecified atom stereocenters. The number of aryl methyl sites for hydroxylation is 1. The van der Waals surface area contributed by atoms with Crippen molar-refractivity contribution in [2.24, 2.45) is 0 Å². The van der Waals surface area contributed by atoms with E-state index in [9.17, 15) is 9.59 Å². The van der Waals surface area contributed by atoms with Crippen molar-refractivity contribution >= 4 is 35.0 Å². The first kappa shape index (κ1) is 24.0. The topological polar surface area (TPSA) is 58.6 Å². The number of benzene rings is 2. The highest BCUT2D eigenvalue weighted by atomic mass is 35.5. The van der Waals surface area contributed by atoms with Crippen molar-refractivity contribution in [1.82, 2.24) is 10.2 Å². The van der Waals surface area contributed by atoms with Crippen molar-refractivity contribution < 1.29 is 14.3 Å². The number of nitrogens with one attached hydrogen (secondary N) is 1. The first-order valence-corrected chi connectivity index (χ1v) is 10.5. The fraction of sp³-hybridized carbons (Fsp3) is 0.391. The van der Waals surface area contributed by atoms with E-state index < -0.39 is 11.6 Å². The predicted molar refractivity (Wildman–Crippen MR) is 121 cm³/mol. The average Bonchev–Trinajstić information content (AvgIpc) is 2.65. The Morgan fingerprint density at radius 3 is 2.43 bits per heavy atom. The van der Waals surface area contributed by atoms with Gasteiger partial charge in [0.25, 0.3) is 5.91 Å². The van der Waals surface area contributed by atoms with Crippen LogP contribution >= 0.6 is 23.2 Å². The second-order valence-corrected chi connectivity index (χ2v) is 9.11. The first-order chi connectivity index (χ1) is 14.0. The minimum absolute atomic E-state index is 0.200. The normalized spacial score (nSPS) is 12.2. The molecule has 1 N–H and O–H groups in total. The number of rotatable bonds is 7. The molecule has 1 atom stereocenters.